The number of carbonyl (C=O) groups is 2. The Morgan fingerprint density at radius 1 is 1.17 bits per heavy atom. The SMILES string of the molecule is CC(=O)c1ccccc1NC(=O)NC1CCCC1. The molecule has 18 heavy (non-hydrogen) atoms. The van der Waals surface area contributed by atoms with Crippen molar-refractivity contribution in [3.05, 3.63) is 29.8 Å². The smallest absolute Gasteiger partial charge is 0.319 e. The Morgan fingerprint density at radius 2 is 1.83 bits per heavy atom. The number of para-hydroxylation sites is 1. The van der Waals surface area contributed by atoms with Crippen molar-refractivity contribution in [1.82, 2.24) is 5.32 Å². The van der Waals surface area contributed by atoms with Crippen molar-refractivity contribution < 1.29 is 9.59 Å². The molecule has 1 aromatic carbocycles. The second kappa shape index (κ2) is 5.67. The second-order valence-corrected chi connectivity index (χ2v) is 4.68. The largest absolute Gasteiger partial charge is 0.335 e. The first kappa shape index (κ1) is 12.6. The number of hydrogen-bond donors (Lipinski definition) is 2. The molecular formula is C14H18N2O2. The average molecular weight is 246 g/mol. The molecule has 4 nitrogen and oxygen atoms in total. The van der Waals surface area contributed by atoms with Gasteiger partial charge in [-0.2, -0.15) is 0 Å². The first-order valence-corrected chi connectivity index (χ1v) is 6.34. The molecule has 0 heterocycles. The third-order valence-corrected chi connectivity index (χ3v) is 3.24. The van der Waals surface area contributed by atoms with Crippen LogP contribution in [0.4, 0.5) is 10.5 Å². The summed E-state index contributed by atoms with van der Waals surface area (Å²) in [4.78, 5) is 23.2. The Morgan fingerprint density at radius 3 is 2.50 bits per heavy atom. The Labute approximate surface area is 107 Å². The minimum Gasteiger partial charge on any atom is -0.335 e. The molecule has 4 heteroatoms. The van der Waals surface area contributed by atoms with E-state index in [1.807, 2.05) is 0 Å². The molecule has 2 amide bonds. The standard InChI is InChI=1S/C14H18N2O2/c1-10(17)12-8-4-5-9-13(12)16-14(18)15-11-6-2-3-7-11/h4-5,8-9,11H,2-3,6-7H2,1H3,(H2,15,16,18). The summed E-state index contributed by atoms with van der Waals surface area (Å²) in [6, 6.07) is 7.09. The lowest BCUT2D eigenvalue weighted by Crippen LogP contribution is -2.36. The normalized spacial score (nSPS) is 15.4. The van der Waals surface area contributed by atoms with Crippen molar-refractivity contribution in [3.63, 3.8) is 0 Å². The van der Waals surface area contributed by atoms with Crippen molar-refractivity contribution in [1.29, 1.82) is 0 Å². The van der Waals surface area contributed by atoms with Crippen LogP contribution in [0.2, 0.25) is 0 Å². The molecule has 1 aliphatic rings. The summed E-state index contributed by atoms with van der Waals surface area (Å²) in [6.45, 7) is 1.50. The van der Waals surface area contributed by atoms with Crippen molar-refractivity contribution in [2.45, 2.75) is 38.6 Å². The predicted molar refractivity (Wildman–Crippen MR) is 70.9 cm³/mol. The fourth-order valence-corrected chi connectivity index (χ4v) is 2.31. The minimum atomic E-state index is -0.226. The zero-order valence-corrected chi connectivity index (χ0v) is 10.5. The van der Waals surface area contributed by atoms with E-state index >= 15 is 0 Å². The molecular weight excluding hydrogens is 228 g/mol. The van der Waals surface area contributed by atoms with Crippen LogP contribution in [-0.4, -0.2) is 17.9 Å². The molecule has 0 radical (unpaired) electrons. The van der Waals surface area contributed by atoms with Crippen LogP contribution in [0, 0.1) is 0 Å². The van der Waals surface area contributed by atoms with Crippen LogP contribution in [0.5, 0.6) is 0 Å². The van der Waals surface area contributed by atoms with E-state index in [4.69, 9.17) is 0 Å². The van der Waals surface area contributed by atoms with E-state index in [0.29, 0.717) is 11.3 Å². The lowest BCUT2D eigenvalue weighted by molar-refractivity contribution is 0.101. The summed E-state index contributed by atoms with van der Waals surface area (Å²) < 4.78 is 0. The van der Waals surface area contributed by atoms with E-state index in [-0.39, 0.29) is 17.9 Å². The molecule has 0 unspecified atom stereocenters. The molecule has 2 rings (SSSR count). The maximum Gasteiger partial charge on any atom is 0.319 e. The molecule has 0 aliphatic heterocycles. The van der Waals surface area contributed by atoms with Gasteiger partial charge in [0.05, 0.1) is 5.69 Å². The topological polar surface area (TPSA) is 58.2 Å². The van der Waals surface area contributed by atoms with Gasteiger partial charge in [0.1, 0.15) is 0 Å². The van der Waals surface area contributed by atoms with E-state index in [2.05, 4.69) is 10.6 Å². The van der Waals surface area contributed by atoms with E-state index < -0.39 is 0 Å². The highest BCUT2D eigenvalue weighted by Crippen LogP contribution is 2.19. The summed E-state index contributed by atoms with van der Waals surface area (Å²) >= 11 is 0. The molecule has 0 spiro atoms. The van der Waals surface area contributed by atoms with Crippen LogP contribution in [0.25, 0.3) is 0 Å². The van der Waals surface area contributed by atoms with Gasteiger partial charge in [0.15, 0.2) is 5.78 Å². The molecule has 96 valence electrons. The van der Waals surface area contributed by atoms with Crippen molar-refractivity contribution in [2.75, 3.05) is 5.32 Å². The van der Waals surface area contributed by atoms with E-state index in [1.165, 1.54) is 19.8 Å². The maximum absolute atomic E-state index is 11.8. The first-order valence-electron chi connectivity index (χ1n) is 6.34. The lowest BCUT2D eigenvalue weighted by Gasteiger charge is -2.14. The summed E-state index contributed by atoms with van der Waals surface area (Å²) in [6.07, 6.45) is 4.44. The molecule has 0 aromatic heterocycles. The van der Waals surface area contributed by atoms with Gasteiger partial charge in [-0.25, -0.2) is 4.79 Å². The summed E-state index contributed by atoms with van der Waals surface area (Å²) in [5, 5.41) is 5.68. The monoisotopic (exact) mass is 246 g/mol. The Bertz CT molecular complexity index is 451. The molecule has 0 bridgehead atoms. The summed E-state index contributed by atoms with van der Waals surface area (Å²) in [5.41, 5.74) is 1.11. The molecule has 1 fully saturated rings. The van der Waals surface area contributed by atoms with Crippen LogP contribution < -0.4 is 10.6 Å². The van der Waals surface area contributed by atoms with Crippen LogP contribution in [0.3, 0.4) is 0 Å². The highest BCUT2D eigenvalue weighted by molar-refractivity contribution is 6.03. The fraction of sp³-hybridized carbons (Fsp3) is 0.429. The van der Waals surface area contributed by atoms with Crippen molar-refractivity contribution in [3.8, 4) is 0 Å². The zero-order valence-electron chi connectivity index (χ0n) is 10.5. The molecule has 0 atom stereocenters. The van der Waals surface area contributed by atoms with Crippen LogP contribution >= 0.6 is 0 Å². The van der Waals surface area contributed by atoms with E-state index in [1.54, 1.807) is 24.3 Å². The molecule has 0 saturated heterocycles. The number of amides is 2. The number of urea groups is 1. The number of carbonyl (C=O) groups excluding carboxylic acids is 2. The van der Waals surface area contributed by atoms with Gasteiger partial charge in [-0.15, -0.1) is 0 Å². The zero-order chi connectivity index (χ0) is 13.0. The number of anilines is 1. The van der Waals surface area contributed by atoms with Gasteiger partial charge in [-0.1, -0.05) is 25.0 Å². The highest BCUT2D eigenvalue weighted by Gasteiger charge is 2.17. The Balaban J connectivity index is 2.00. The maximum atomic E-state index is 11.8. The number of nitrogens with one attached hydrogen (secondary N) is 2. The number of Topliss-reactive ketones (excluding diaryl/α,β-unsaturated/α-hetero) is 1. The van der Waals surface area contributed by atoms with Gasteiger partial charge in [0.2, 0.25) is 0 Å². The first-order chi connectivity index (χ1) is 8.66. The average Bonchev–Trinajstić information content (AvgIpc) is 2.82. The van der Waals surface area contributed by atoms with Gasteiger partial charge in [-0.05, 0) is 31.9 Å². The van der Waals surface area contributed by atoms with Crippen molar-refractivity contribution in [2.24, 2.45) is 0 Å². The molecule has 1 saturated carbocycles. The van der Waals surface area contributed by atoms with E-state index in [0.717, 1.165) is 12.8 Å². The number of ketones is 1. The summed E-state index contributed by atoms with van der Waals surface area (Å²) in [5.74, 6) is -0.0493. The van der Waals surface area contributed by atoms with Gasteiger partial charge >= 0.3 is 6.03 Å². The third-order valence-electron chi connectivity index (χ3n) is 3.24. The molecule has 1 aromatic rings. The van der Waals surface area contributed by atoms with E-state index in [9.17, 15) is 9.59 Å². The third kappa shape index (κ3) is 3.09. The second-order valence-electron chi connectivity index (χ2n) is 4.68. The van der Waals surface area contributed by atoms with Gasteiger partial charge in [0, 0.05) is 11.6 Å². The quantitative estimate of drug-likeness (QED) is 0.805. The number of rotatable bonds is 3. The number of benzene rings is 1. The predicted octanol–water partition coefficient (Wildman–Crippen LogP) is 2.95. The molecule has 1 aliphatic carbocycles. The molecule has 2 N–H and O–H groups in total. The summed E-state index contributed by atoms with van der Waals surface area (Å²) in [7, 11) is 0. The van der Waals surface area contributed by atoms with Crippen LogP contribution in [0.15, 0.2) is 24.3 Å². The van der Waals surface area contributed by atoms with Gasteiger partial charge in [0.25, 0.3) is 0 Å². The number of hydrogen-bond acceptors (Lipinski definition) is 2. The van der Waals surface area contributed by atoms with Crippen LogP contribution in [0.1, 0.15) is 43.0 Å². The van der Waals surface area contributed by atoms with Crippen LogP contribution in [-0.2, 0) is 0 Å². The fourth-order valence-electron chi connectivity index (χ4n) is 2.31. The lowest BCUT2D eigenvalue weighted by atomic mass is 10.1. The van der Waals surface area contributed by atoms with Gasteiger partial charge in [-0.3, -0.25) is 4.79 Å². The van der Waals surface area contributed by atoms with Gasteiger partial charge < -0.3 is 10.6 Å². The highest BCUT2D eigenvalue weighted by atomic mass is 16.2. The Hall–Kier alpha value is -1.84. The minimum absolute atomic E-state index is 0.0493. The Kier molecular flexibility index (Phi) is 3.97. The van der Waals surface area contributed by atoms with Crippen molar-refractivity contribution >= 4 is 17.5 Å².